The molecule has 0 aliphatic carbocycles. The lowest BCUT2D eigenvalue weighted by atomic mass is 10.0. The standard InChI is InChI=1S/C14H28N2/c1-11(7-15-14(4,5)6)8-16-9-12(2)13(3)10-16/h12-13,15H,1,7-10H2,2-6H3. The molecular weight excluding hydrogens is 196 g/mol. The van der Waals surface area contributed by atoms with Crippen LogP contribution in [0.5, 0.6) is 0 Å². The summed E-state index contributed by atoms with van der Waals surface area (Å²) < 4.78 is 0. The second-order valence-corrected chi connectivity index (χ2v) is 6.50. The average molecular weight is 224 g/mol. The SMILES string of the molecule is C=C(CNC(C)(C)C)CN1CC(C)C(C)C1. The maximum atomic E-state index is 4.17. The Morgan fingerprint density at radius 2 is 1.75 bits per heavy atom. The molecule has 2 atom stereocenters. The third kappa shape index (κ3) is 4.67. The van der Waals surface area contributed by atoms with Gasteiger partial charge in [-0.05, 0) is 38.2 Å². The fourth-order valence-electron chi connectivity index (χ4n) is 2.14. The molecule has 94 valence electrons. The zero-order chi connectivity index (χ0) is 12.3. The molecule has 0 radical (unpaired) electrons. The first-order valence-corrected chi connectivity index (χ1v) is 6.42. The van der Waals surface area contributed by atoms with Crippen molar-refractivity contribution in [3.05, 3.63) is 12.2 Å². The maximum Gasteiger partial charge on any atom is 0.0203 e. The Bertz CT molecular complexity index is 230. The van der Waals surface area contributed by atoms with Gasteiger partial charge in [0.05, 0.1) is 0 Å². The highest BCUT2D eigenvalue weighted by molar-refractivity contribution is 5.02. The van der Waals surface area contributed by atoms with E-state index in [1.807, 2.05) is 0 Å². The van der Waals surface area contributed by atoms with Gasteiger partial charge in [0.2, 0.25) is 0 Å². The van der Waals surface area contributed by atoms with Crippen molar-refractivity contribution < 1.29 is 0 Å². The van der Waals surface area contributed by atoms with Crippen molar-refractivity contribution in [2.45, 2.75) is 40.2 Å². The van der Waals surface area contributed by atoms with Crippen molar-refractivity contribution in [3.63, 3.8) is 0 Å². The summed E-state index contributed by atoms with van der Waals surface area (Å²) in [7, 11) is 0. The van der Waals surface area contributed by atoms with Gasteiger partial charge < -0.3 is 5.32 Å². The second kappa shape index (κ2) is 5.33. The van der Waals surface area contributed by atoms with Crippen molar-refractivity contribution in [2.75, 3.05) is 26.2 Å². The largest absolute Gasteiger partial charge is 0.308 e. The van der Waals surface area contributed by atoms with Gasteiger partial charge in [-0.15, -0.1) is 0 Å². The number of nitrogens with one attached hydrogen (secondary N) is 1. The maximum absolute atomic E-state index is 4.17. The lowest BCUT2D eigenvalue weighted by molar-refractivity contribution is 0.343. The van der Waals surface area contributed by atoms with Gasteiger partial charge in [0.15, 0.2) is 0 Å². The summed E-state index contributed by atoms with van der Waals surface area (Å²) in [6, 6.07) is 0. The van der Waals surface area contributed by atoms with Crippen LogP contribution < -0.4 is 5.32 Å². The van der Waals surface area contributed by atoms with E-state index in [9.17, 15) is 0 Å². The topological polar surface area (TPSA) is 15.3 Å². The van der Waals surface area contributed by atoms with Crippen LogP contribution >= 0.6 is 0 Å². The molecule has 1 saturated heterocycles. The normalized spacial score (nSPS) is 27.3. The van der Waals surface area contributed by atoms with Crippen LogP contribution in [0.25, 0.3) is 0 Å². The highest BCUT2D eigenvalue weighted by Crippen LogP contribution is 2.22. The van der Waals surface area contributed by atoms with Crippen LogP contribution in [0.1, 0.15) is 34.6 Å². The van der Waals surface area contributed by atoms with E-state index in [0.717, 1.165) is 24.9 Å². The Labute approximate surface area is 101 Å². The van der Waals surface area contributed by atoms with Crippen LogP contribution in [0, 0.1) is 11.8 Å². The summed E-state index contributed by atoms with van der Waals surface area (Å²) in [6.07, 6.45) is 0. The summed E-state index contributed by atoms with van der Waals surface area (Å²) in [6.45, 7) is 19.9. The highest BCUT2D eigenvalue weighted by atomic mass is 15.2. The van der Waals surface area contributed by atoms with E-state index in [4.69, 9.17) is 0 Å². The van der Waals surface area contributed by atoms with E-state index in [1.54, 1.807) is 0 Å². The predicted octanol–water partition coefficient (Wildman–Crippen LogP) is 2.52. The molecule has 0 bridgehead atoms. The van der Waals surface area contributed by atoms with Crippen LogP contribution in [0.2, 0.25) is 0 Å². The first kappa shape index (κ1) is 13.7. The van der Waals surface area contributed by atoms with E-state index < -0.39 is 0 Å². The molecule has 16 heavy (non-hydrogen) atoms. The zero-order valence-electron chi connectivity index (χ0n) is 11.6. The first-order chi connectivity index (χ1) is 7.28. The van der Waals surface area contributed by atoms with Crippen LogP contribution in [-0.4, -0.2) is 36.6 Å². The predicted molar refractivity (Wildman–Crippen MR) is 71.7 cm³/mol. The van der Waals surface area contributed by atoms with Gasteiger partial charge in [0, 0.05) is 31.7 Å². The molecule has 2 unspecified atom stereocenters. The summed E-state index contributed by atoms with van der Waals surface area (Å²) in [4.78, 5) is 2.53. The number of hydrogen-bond acceptors (Lipinski definition) is 2. The van der Waals surface area contributed by atoms with Gasteiger partial charge in [-0.1, -0.05) is 20.4 Å². The average Bonchev–Trinajstić information content (AvgIpc) is 2.41. The molecule has 1 aliphatic heterocycles. The Kier molecular flexibility index (Phi) is 4.57. The summed E-state index contributed by atoms with van der Waals surface area (Å²) >= 11 is 0. The summed E-state index contributed by atoms with van der Waals surface area (Å²) in [5.74, 6) is 1.67. The van der Waals surface area contributed by atoms with E-state index >= 15 is 0 Å². The van der Waals surface area contributed by atoms with E-state index in [0.29, 0.717) is 0 Å². The van der Waals surface area contributed by atoms with E-state index in [1.165, 1.54) is 18.7 Å². The number of rotatable bonds is 4. The second-order valence-electron chi connectivity index (χ2n) is 6.50. The van der Waals surface area contributed by atoms with Gasteiger partial charge in [-0.25, -0.2) is 0 Å². The van der Waals surface area contributed by atoms with E-state index in [2.05, 4.69) is 51.4 Å². The third-order valence-electron chi connectivity index (χ3n) is 3.38. The molecular formula is C14H28N2. The Hall–Kier alpha value is -0.340. The van der Waals surface area contributed by atoms with Crippen molar-refractivity contribution in [3.8, 4) is 0 Å². The minimum absolute atomic E-state index is 0.189. The van der Waals surface area contributed by atoms with Crippen LogP contribution in [0.15, 0.2) is 12.2 Å². The van der Waals surface area contributed by atoms with Crippen molar-refractivity contribution in [1.29, 1.82) is 0 Å². The molecule has 1 fully saturated rings. The van der Waals surface area contributed by atoms with E-state index in [-0.39, 0.29) is 5.54 Å². The summed E-state index contributed by atoms with van der Waals surface area (Å²) in [5.41, 5.74) is 1.49. The van der Waals surface area contributed by atoms with Gasteiger partial charge in [-0.2, -0.15) is 0 Å². The van der Waals surface area contributed by atoms with Gasteiger partial charge >= 0.3 is 0 Å². The third-order valence-corrected chi connectivity index (χ3v) is 3.38. The molecule has 0 spiro atoms. The summed E-state index contributed by atoms with van der Waals surface area (Å²) in [5, 5.41) is 3.49. The fraction of sp³-hybridized carbons (Fsp3) is 0.857. The quantitative estimate of drug-likeness (QED) is 0.738. The minimum atomic E-state index is 0.189. The van der Waals surface area contributed by atoms with Crippen molar-refractivity contribution in [1.82, 2.24) is 10.2 Å². The monoisotopic (exact) mass is 224 g/mol. The molecule has 1 N–H and O–H groups in total. The molecule has 0 amide bonds. The van der Waals surface area contributed by atoms with Gasteiger partial charge in [0.1, 0.15) is 0 Å². The minimum Gasteiger partial charge on any atom is -0.308 e. The number of likely N-dealkylation sites (tertiary alicyclic amines) is 1. The Balaban J connectivity index is 2.25. The van der Waals surface area contributed by atoms with Crippen molar-refractivity contribution in [2.24, 2.45) is 11.8 Å². The smallest absolute Gasteiger partial charge is 0.0203 e. The number of nitrogens with zero attached hydrogens (tertiary/aromatic N) is 1. The lowest BCUT2D eigenvalue weighted by Gasteiger charge is -2.23. The van der Waals surface area contributed by atoms with Gasteiger partial charge in [-0.3, -0.25) is 4.90 Å². The molecule has 1 rings (SSSR count). The first-order valence-electron chi connectivity index (χ1n) is 6.42. The Morgan fingerprint density at radius 1 is 1.25 bits per heavy atom. The molecule has 2 nitrogen and oxygen atoms in total. The van der Waals surface area contributed by atoms with Crippen molar-refractivity contribution >= 4 is 0 Å². The van der Waals surface area contributed by atoms with Crippen LogP contribution in [-0.2, 0) is 0 Å². The lowest BCUT2D eigenvalue weighted by Crippen LogP contribution is -2.38. The fourth-order valence-corrected chi connectivity index (χ4v) is 2.14. The Morgan fingerprint density at radius 3 is 2.19 bits per heavy atom. The molecule has 2 heteroatoms. The molecule has 0 saturated carbocycles. The number of hydrogen-bond donors (Lipinski definition) is 1. The van der Waals surface area contributed by atoms with Crippen LogP contribution in [0.3, 0.4) is 0 Å². The molecule has 0 aromatic heterocycles. The molecule has 0 aromatic rings. The highest BCUT2D eigenvalue weighted by Gasteiger charge is 2.25. The molecule has 1 aliphatic rings. The van der Waals surface area contributed by atoms with Gasteiger partial charge in [0.25, 0.3) is 0 Å². The van der Waals surface area contributed by atoms with Crippen LogP contribution in [0.4, 0.5) is 0 Å². The zero-order valence-corrected chi connectivity index (χ0v) is 11.6. The molecule has 0 aromatic carbocycles. The molecule has 1 heterocycles.